The summed E-state index contributed by atoms with van der Waals surface area (Å²) in [4.78, 5) is 6.74. The van der Waals surface area contributed by atoms with E-state index in [0.29, 0.717) is 0 Å². The van der Waals surface area contributed by atoms with E-state index in [1.54, 1.807) is 0 Å². The predicted octanol–water partition coefficient (Wildman–Crippen LogP) is 2.20. The molecule has 0 aliphatic heterocycles. The Morgan fingerprint density at radius 3 is 2.94 bits per heavy atom. The minimum Gasteiger partial charge on any atom is -0.392 e. The SMILES string of the molecule is CCCN(CC1CC1)c1ncccc1CO. The van der Waals surface area contributed by atoms with Crippen molar-refractivity contribution in [3.63, 3.8) is 0 Å². The Balaban J connectivity index is 2.14. The van der Waals surface area contributed by atoms with Crippen LogP contribution in [0, 0.1) is 5.92 Å². The zero-order valence-corrected chi connectivity index (χ0v) is 9.89. The molecule has 1 fully saturated rings. The van der Waals surface area contributed by atoms with Gasteiger partial charge < -0.3 is 10.0 Å². The summed E-state index contributed by atoms with van der Waals surface area (Å²) in [6, 6.07) is 3.84. The van der Waals surface area contributed by atoms with E-state index in [9.17, 15) is 5.11 Å². The second-order valence-corrected chi connectivity index (χ2v) is 4.53. The first-order valence-corrected chi connectivity index (χ1v) is 6.14. The van der Waals surface area contributed by atoms with Gasteiger partial charge in [-0.25, -0.2) is 4.98 Å². The van der Waals surface area contributed by atoms with E-state index >= 15 is 0 Å². The Morgan fingerprint density at radius 1 is 1.50 bits per heavy atom. The summed E-state index contributed by atoms with van der Waals surface area (Å²) in [6.45, 7) is 4.38. The number of aliphatic hydroxyl groups is 1. The number of aliphatic hydroxyl groups excluding tert-OH is 1. The van der Waals surface area contributed by atoms with Gasteiger partial charge in [-0.3, -0.25) is 0 Å². The molecule has 3 nitrogen and oxygen atoms in total. The van der Waals surface area contributed by atoms with Gasteiger partial charge >= 0.3 is 0 Å². The van der Waals surface area contributed by atoms with Gasteiger partial charge in [-0.15, -0.1) is 0 Å². The lowest BCUT2D eigenvalue weighted by molar-refractivity contribution is 0.281. The Kier molecular flexibility index (Phi) is 3.78. The fraction of sp³-hybridized carbons (Fsp3) is 0.615. The van der Waals surface area contributed by atoms with E-state index in [-0.39, 0.29) is 6.61 Å². The van der Waals surface area contributed by atoms with E-state index in [0.717, 1.165) is 36.8 Å². The molecule has 1 saturated carbocycles. The third-order valence-corrected chi connectivity index (χ3v) is 3.01. The number of rotatable bonds is 6. The summed E-state index contributed by atoms with van der Waals surface area (Å²) < 4.78 is 0. The number of aromatic nitrogens is 1. The molecule has 0 radical (unpaired) electrons. The monoisotopic (exact) mass is 220 g/mol. The van der Waals surface area contributed by atoms with E-state index in [1.165, 1.54) is 12.8 Å². The van der Waals surface area contributed by atoms with Gasteiger partial charge in [0.2, 0.25) is 0 Å². The molecule has 1 N–H and O–H groups in total. The van der Waals surface area contributed by atoms with Crippen molar-refractivity contribution in [2.24, 2.45) is 5.92 Å². The van der Waals surface area contributed by atoms with Crippen LogP contribution < -0.4 is 4.90 Å². The van der Waals surface area contributed by atoms with Crippen LogP contribution in [0.25, 0.3) is 0 Å². The zero-order chi connectivity index (χ0) is 11.4. The minimum atomic E-state index is 0.0774. The Morgan fingerprint density at radius 2 is 2.31 bits per heavy atom. The second-order valence-electron chi connectivity index (χ2n) is 4.53. The Labute approximate surface area is 97.1 Å². The molecule has 0 spiro atoms. The van der Waals surface area contributed by atoms with Crippen molar-refractivity contribution in [1.29, 1.82) is 0 Å². The Bertz CT molecular complexity index is 336. The fourth-order valence-electron chi connectivity index (χ4n) is 2.00. The first kappa shape index (κ1) is 11.4. The smallest absolute Gasteiger partial charge is 0.134 e. The molecule has 0 aromatic carbocycles. The lowest BCUT2D eigenvalue weighted by atomic mass is 10.2. The maximum Gasteiger partial charge on any atom is 0.134 e. The zero-order valence-electron chi connectivity index (χ0n) is 9.89. The van der Waals surface area contributed by atoms with Crippen molar-refractivity contribution in [2.45, 2.75) is 32.8 Å². The number of nitrogens with zero attached hydrogens (tertiary/aromatic N) is 2. The van der Waals surface area contributed by atoms with Crippen molar-refractivity contribution in [3.05, 3.63) is 23.9 Å². The molecule has 0 atom stereocenters. The summed E-state index contributed by atoms with van der Waals surface area (Å²) in [6.07, 6.45) is 5.63. The van der Waals surface area contributed by atoms with Crippen LogP contribution in [-0.4, -0.2) is 23.2 Å². The summed E-state index contributed by atoms with van der Waals surface area (Å²) in [7, 11) is 0. The lowest BCUT2D eigenvalue weighted by Gasteiger charge is -2.25. The molecule has 88 valence electrons. The number of anilines is 1. The van der Waals surface area contributed by atoms with Crippen LogP contribution in [0.2, 0.25) is 0 Å². The number of hydrogen-bond acceptors (Lipinski definition) is 3. The van der Waals surface area contributed by atoms with Crippen LogP contribution in [0.1, 0.15) is 31.7 Å². The highest BCUT2D eigenvalue weighted by atomic mass is 16.3. The predicted molar refractivity (Wildman–Crippen MR) is 65.4 cm³/mol. The largest absolute Gasteiger partial charge is 0.392 e. The van der Waals surface area contributed by atoms with Gasteiger partial charge in [-0.1, -0.05) is 13.0 Å². The molecular weight excluding hydrogens is 200 g/mol. The maximum atomic E-state index is 9.32. The van der Waals surface area contributed by atoms with Crippen LogP contribution in [0.3, 0.4) is 0 Å². The molecule has 1 aromatic rings. The second kappa shape index (κ2) is 5.30. The quantitative estimate of drug-likeness (QED) is 0.798. The minimum absolute atomic E-state index is 0.0774. The third kappa shape index (κ3) is 2.73. The summed E-state index contributed by atoms with van der Waals surface area (Å²) >= 11 is 0. The average Bonchev–Trinajstić information content (AvgIpc) is 3.12. The van der Waals surface area contributed by atoms with Gasteiger partial charge in [0.1, 0.15) is 5.82 Å². The first-order valence-electron chi connectivity index (χ1n) is 6.14. The van der Waals surface area contributed by atoms with Gasteiger partial charge in [0.15, 0.2) is 0 Å². The maximum absolute atomic E-state index is 9.32. The van der Waals surface area contributed by atoms with Gasteiger partial charge in [-0.05, 0) is 31.2 Å². The van der Waals surface area contributed by atoms with Crippen LogP contribution in [0.4, 0.5) is 5.82 Å². The topological polar surface area (TPSA) is 36.4 Å². The fourth-order valence-corrected chi connectivity index (χ4v) is 2.00. The summed E-state index contributed by atoms with van der Waals surface area (Å²) in [5, 5.41) is 9.32. The molecule has 2 rings (SSSR count). The highest BCUT2D eigenvalue weighted by Gasteiger charge is 2.25. The van der Waals surface area contributed by atoms with Gasteiger partial charge in [0, 0.05) is 24.8 Å². The molecule has 1 aliphatic rings. The average molecular weight is 220 g/mol. The molecule has 0 unspecified atom stereocenters. The third-order valence-electron chi connectivity index (χ3n) is 3.01. The van der Waals surface area contributed by atoms with Crippen molar-refractivity contribution in [2.75, 3.05) is 18.0 Å². The number of pyridine rings is 1. The van der Waals surface area contributed by atoms with Gasteiger partial charge in [0.25, 0.3) is 0 Å². The van der Waals surface area contributed by atoms with Crippen LogP contribution in [-0.2, 0) is 6.61 Å². The Hall–Kier alpha value is -1.09. The van der Waals surface area contributed by atoms with E-state index in [4.69, 9.17) is 0 Å². The molecule has 0 saturated heterocycles. The van der Waals surface area contributed by atoms with Crippen molar-refractivity contribution < 1.29 is 5.11 Å². The normalized spacial score (nSPS) is 15.1. The van der Waals surface area contributed by atoms with E-state index in [1.807, 2.05) is 18.3 Å². The van der Waals surface area contributed by atoms with Crippen molar-refractivity contribution >= 4 is 5.82 Å². The van der Waals surface area contributed by atoms with Crippen molar-refractivity contribution in [3.8, 4) is 0 Å². The van der Waals surface area contributed by atoms with Gasteiger partial charge in [0.05, 0.1) is 6.61 Å². The molecule has 0 amide bonds. The van der Waals surface area contributed by atoms with Gasteiger partial charge in [-0.2, -0.15) is 0 Å². The van der Waals surface area contributed by atoms with Crippen LogP contribution in [0.15, 0.2) is 18.3 Å². The highest BCUT2D eigenvalue weighted by molar-refractivity contribution is 5.46. The highest BCUT2D eigenvalue weighted by Crippen LogP contribution is 2.31. The van der Waals surface area contributed by atoms with Crippen molar-refractivity contribution in [1.82, 2.24) is 4.98 Å². The standard InChI is InChI=1S/C13H20N2O/c1-2-8-15(9-11-5-6-11)13-12(10-16)4-3-7-14-13/h3-4,7,11,16H,2,5-6,8-10H2,1H3. The molecule has 3 heteroatoms. The lowest BCUT2D eigenvalue weighted by Crippen LogP contribution is -2.28. The van der Waals surface area contributed by atoms with Crippen LogP contribution in [0.5, 0.6) is 0 Å². The molecule has 1 aromatic heterocycles. The van der Waals surface area contributed by atoms with E-state index < -0.39 is 0 Å². The van der Waals surface area contributed by atoms with Crippen LogP contribution >= 0.6 is 0 Å². The number of hydrogen-bond donors (Lipinski definition) is 1. The first-order chi connectivity index (χ1) is 7.85. The van der Waals surface area contributed by atoms with E-state index in [2.05, 4.69) is 16.8 Å². The molecular formula is C13H20N2O. The summed E-state index contributed by atoms with van der Waals surface area (Å²) in [5.74, 6) is 1.82. The summed E-state index contributed by atoms with van der Waals surface area (Å²) in [5.41, 5.74) is 0.941. The molecule has 1 aliphatic carbocycles. The molecule has 16 heavy (non-hydrogen) atoms. The molecule has 1 heterocycles. The molecule has 0 bridgehead atoms.